The van der Waals surface area contributed by atoms with Gasteiger partial charge in [0.1, 0.15) is 0 Å². The summed E-state index contributed by atoms with van der Waals surface area (Å²) in [5, 5.41) is 7.72. The molecule has 15 heavy (non-hydrogen) atoms. The average Bonchev–Trinajstić information content (AvgIpc) is 2.98. The van der Waals surface area contributed by atoms with E-state index >= 15 is 0 Å². The first-order chi connectivity index (χ1) is 7.33. The van der Waals surface area contributed by atoms with Gasteiger partial charge >= 0.3 is 0 Å². The van der Waals surface area contributed by atoms with Gasteiger partial charge in [0.05, 0.1) is 6.20 Å². The molecule has 1 aromatic heterocycles. The standard InChI is InChI=1S/C12H21N3/c1-3-15-9-10(8-14-15)4-7-12(13-2)11-5-6-11/h8-9,11-13H,3-7H2,1-2H3. The normalized spacial score (nSPS) is 18.0. The number of aryl methyl sites for hydroxylation is 2. The summed E-state index contributed by atoms with van der Waals surface area (Å²) in [4.78, 5) is 0. The molecule has 84 valence electrons. The summed E-state index contributed by atoms with van der Waals surface area (Å²) in [5.41, 5.74) is 1.37. The summed E-state index contributed by atoms with van der Waals surface area (Å²) in [6.45, 7) is 3.09. The molecule has 1 aromatic rings. The van der Waals surface area contributed by atoms with Gasteiger partial charge in [-0.1, -0.05) is 0 Å². The third-order valence-corrected chi connectivity index (χ3v) is 3.32. The molecule has 1 saturated carbocycles. The van der Waals surface area contributed by atoms with Gasteiger partial charge in [0.25, 0.3) is 0 Å². The summed E-state index contributed by atoms with van der Waals surface area (Å²) in [6, 6.07) is 0.718. The van der Waals surface area contributed by atoms with Crippen LogP contribution in [0.1, 0.15) is 31.7 Å². The van der Waals surface area contributed by atoms with Gasteiger partial charge in [0.15, 0.2) is 0 Å². The third-order valence-electron chi connectivity index (χ3n) is 3.32. The molecule has 1 heterocycles. The van der Waals surface area contributed by atoms with Crippen LogP contribution in [0, 0.1) is 5.92 Å². The maximum absolute atomic E-state index is 4.30. The Kier molecular flexibility index (Phi) is 3.41. The summed E-state index contributed by atoms with van der Waals surface area (Å²) in [6.07, 6.45) is 9.40. The van der Waals surface area contributed by atoms with Gasteiger partial charge in [-0.05, 0) is 51.1 Å². The average molecular weight is 207 g/mol. The van der Waals surface area contributed by atoms with Gasteiger partial charge in [-0.15, -0.1) is 0 Å². The zero-order valence-electron chi connectivity index (χ0n) is 9.74. The van der Waals surface area contributed by atoms with Crippen molar-refractivity contribution in [2.24, 2.45) is 5.92 Å². The van der Waals surface area contributed by atoms with Gasteiger partial charge < -0.3 is 5.32 Å². The highest BCUT2D eigenvalue weighted by Gasteiger charge is 2.29. The molecule has 0 amide bonds. The monoisotopic (exact) mass is 207 g/mol. The molecule has 1 N–H and O–H groups in total. The Morgan fingerprint density at radius 3 is 2.93 bits per heavy atom. The van der Waals surface area contributed by atoms with E-state index in [1.165, 1.54) is 24.8 Å². The van der Waals surface area contributed by atoms with E-state index in [2.05, 4.69) is 30.6 Å². The lowest BCUT2D eigenvalue weighted by molar-refractivity contribution is 0.470. The Morgan fingerprint density at radius 2 is 2.40 bits per heavy atom. The van der Waals surface area contributed by atoms with Gasteiger partial charge in [0.2, 0.25) is 0 Å². The quantitative estimate of drug-likeness (QED) is 0.771. The maximum atomic E-state index is 4.30. The van der Waals surface area contributed by atoms with E-state index < -0.39 is 0 Å². The van der Waals surface area contributed by atoms with Crippen LogP contribution < -0.4 is 5.32 Å². The highest BCUT2D eigenvalue weighted by molar-refractivity contribution is 5.05. The van der Waals surface area contributed by atoms with E-state index in [0.29, 0.717) is 0 Å². The second-order valence-electron chi connectivity index (χ2n) is 4.48. The second-order valence-corrected chi connectivity index (χ2v) is 4.48. The summed E-state index contributed by atoms with van der Waals surface area (Å²) < 4.78 is 2.00. The molecule has 0 bridgehead atoms. The van der Waals surface area contributed by atoms with Crippen LogP contribution in [0.4, 0.5) is 0 Å². The smallest absolute Gasteiger partial charge is 0.0521 e. The van der Waals surface area contributed by atoms with Crippen LogP contribution in [0.15, 0.2) is 12.4 Å². The van der Waals surface area contributed by atoms with Crippen molar-refractivity contribution < 1.29 is 0 Å². The fraction of sp³-hybridized carbons (Fsp3) is 0.750. The largest absolute Gasteiger partial charge is 0.317 e. The minimum absolute atomic E-state index is 0.718. The van der Waals surface area contributed by atoms with Crippen molar-refractivity contribution in [3.63, 3.8) is 0 Å². The predicted molar refractivity (Wildman–Crippen MR) is 61.8 cm³/mol. The molecule has 1 atom stereocenters. The van der Waals surface area contributed by atoms with Crippen molar-refractivity contribution in [2.75, 3.05) is 7.05 Å². The van der Waals surface area contributed by atoms with E-state index in [4.69, 9.17) is 0 Å². The van der Waals surface area contributed by atoms with Crippen LogP contribution in [0.5, 0.6) is 0 Å². The van der Waals surface area contributed by atoms with Crippen molar-refractivity contribution in [1.29, 1.82) is 0 Å². The Balaban J connectivity index is 1.80. The number of hydrogen-bond acceptors (Lipinski definition) is 2. The zero-order valence-corrected chi connectivity index (χ0v) is 9.74. The topological polar surface area (TPSA) is 29.9 Å². The lowest BCUT2D eigenvalue weighted by Gasteiger charge is -2.13. The Labute approximate surface area is 91.9 Å². The Hall–Kier alpha value is -0.830. The molecule has 2 rings (SSSR count). The van der Waals surface area contributed by atoms with Gasteiger partial charge in [-0.3, -0.25) is 4.68 Å². The zero-order chi connectivity index (χ0) is 10.7. The van der Waals surface area contributed by atoms with Crippen LogP contribution in [0.3, 0.4) is 0 Å². The van der Waals surface area contributed by atoms with Crippen molar-refractivity contribution in [3.05, 3.63) is 18.0 Å². The molecule has 0 saturated heterocycles. The van der Waals surface area contributed by atoms with Gasteiger partial charge in [0, 0.05) is 18.8 Å². The van der Waals surface area contributed by atoms with Gasteiger partial charge in [-0.2, -0.15) is 5.10 Å². The highest BCUT2D eigenvalue weighted by Crippen LogP contribution is 2.34. The second kappa shape index (κ2) is 4.79. The number of hydrogen-bond donors (Lipinski definition) is 1. The number of nitrogens with zero attached hydrogens (tertiary/aromatic N) is 2. The highest BCUT2D eigenvalue weighted by atomic mass is 15.3. The SMILES string of the molecule is CCn1cc(CCC(NC)C2CC2)cn1. The number of rotatable bonds is 6. The van der Waals surface area contributed by atoms with Crippen molar-refractivity contribution in [1.82, 2.24) is 15.1 Å². The van der Waals surface area contributed by atoms with E-state index in [1.54, 1.807) is 0 Å². The fourth-order valence-electron chi connectivity index (χ4n) is 2.14. The summed E-state index contributed by atoms with van der Waals surface area (Å²) >= 11 is 0. The number of aromatic nitrogens is 2. The third kappa shape index (κ3) is 2.81. The molecule has 0 aromatic carbocycles. The van der Waals surface area contributed by atoms with E-state index in [0.717, 1.165) is 24.9 Å². The summed E-state index contributed by atoms with van der Waals surface area (Å²) in [7, 11) is 2.08. The van der Waals surface area contributed by atoms with Crippen molar-refractivity contribution in [2.45, 2.75) is 45.2 Å². The number of nitrogens with one attached hydrogen (secondary N) is 1. The molecular weight excluding hydrogens is 186 g/mol. The Bertz CT molecular complexity index is 302. The van der Waals surface area contributed by atoms with Crippen molar-refractivity contribution in [3.8, 4) is 0 Å². The van der Waals surface area contributed by atoms with Crippen LogP contribution in [0.25, 0.3) is 0 Å². The lowest BCUT2D eigenvalue weighted by Crippen LogP contribution is -2.27. The molecular formula is C12H21N3. The minimum atomic E-state index is 0.718. The lowest BCUT2D eigenvalue weighted by atomic mass is 10.0. The molecule has 1 aliphatic rings. The maximum Gasteiger partial charge on any atom is 0.0521 e. The fourth-order valence-corrected chi connectivity index (χ4v) is 2.14. The Morgan fingerprint density at radius 1 is 1.60 bits per heavy atom. The first-order valence-electron chi connectivity index (χ1n) is 6.02. The van der Waals surface area contributed by atoms with Crippen LogP contribution in [-0.2, 0) is 13.0 Å². The first-order valence-corrected chi connectivity index (χ1v) is 6.02. The van der Waals surface area contributed by atoms with Crippen LogP contribution in [0.2, 0.25) is 0 Å². The first kappa shape index (κ1) is 10.7. The van der Waals surface area contributed by atoms with E-state index in [-0.39, 0.29) is 0 Å². The molecule has 1 aliphatic carbocycles. The molecule has 3 nitrogen and oxygen atoms in total. The molecule has 0 spiro atoms. The molecule has 0 radical (unpaired) electrons. The summed E-state index contributed by atoms with van der Waals surface area (Å²) in [5.74, 6) is 0.941. The van der Waals surface area contributed by atoms with E-state index in [1.807, 2.05) is 10.9 Å². The van der Waals surface area contributed by atoms with Crippen molar-refractivity contribution >= 4 is 0 Å². The van der Waals surface area contributed by atoms with Crippen LogP contribution in [-0.4, -0.2) is 22.9 Å². The van der Waals surface area contributed by atoms with Gasteiger partial charge in [-0.25, -0.2) is 0 Å². The van der Waals surface area contributed by atoms with E-state index in [9.17, 15) is 0 Å². The van der Waals surface area contributed by atoms with Crippen LogP contribution >= 0.6 is 0 Å². The molecule has 1 fully saturated rings. The molecule has 3 heteroatoms. The molecule has 0 aliphatic heterocycles. The molecule has 1 unspecified atom stereocenters. The minimum Gasteiger partial charge on any atom is -0.317 e. The predicted octanol–water partition coefficient (Wildman–Crippen LogP) is 1.83.